The summed E-state index contributed by atoms with van der Waals surface area (Å²) >= 11 is 6.36. The van der Waals surface area contributed by atoms with Crippen molar-refractivity contribution in [3.63, 3.8) is 0 Å². The van der Waals surface area contributed by atoms with Crippen LogP contribution in [-0.4, -0.2) is 11.1 Å². The van der Waals surface area contributed by atoms with Crippen LogP contribution in [0.5, 0.6) is 0 Å². The lowest BCUT2D eigenvalue weighted by molar-refractivity contribution is 0.0947. The fourth-order valence-corrected chi connectivity index (χ4v) is 3.95. The first-order valence-corrected chi connectivity index (χ1v) is 11.1. The molecule has 0 atom stereocenters. The summed E-state index contributed by atoms with van der Waals surface area (Å²) in [5, 5.41) is 7.46. The fourth-order valence-electron chi connectivity index (χ4n) is 3.72. The van der Waals surface area contributed by atoms with Crippen LogP contribution in [0.1, 0.15) is 59.9 Å². The third-order valence-corrected chi connectivity index (χ3v) is 5.95. The van der Waals surface area contributed by atoms with Crippen LogP contribution in [-0.2, 0) is 13.0 Å². The Bertz CT molecular complexity index is 1120. The van der Waals surface area contributed by atoms with E-state index in [1.807, 2.05) is 24.3 Å². The summed E-state index contributed by atoms with van der Waals surface area (Å²) in [5.74, 6) is 7.31. The first-order valence-electron chi connectivity index (χ1n) is 10.8. The molecule has 1 fully saturated rings. The van der Waals surface area contributed by atoms with Crippen molar-refractivity contribution >= 4 is 17.5 Å². The topological polar surface area (TPSA) is 55.1 Å². The van der Waals surface area contributed by atoms with Crippen molar-refractivity contribution in [1.82, 2.24) is 10.5 Å². The average Bonchev–Trinajstić information content (AvgIpc) is 3.49. The van der Waals surface area contributed by atoms with Crippen LogP contribution in [0.15, 0.2) is 53.1 Å². The molecule has 0 saturated heterocycles. The molecule has 1 aliphatic carbocycles. The number of amides is 1. The molecule has 5 heteroatoms. The lowest BCUT2D eigenvalue weighted by atomic mass is 10.1. The van der Waals surface area contributed by atoms with Gasteiger partial charge in [-0.15, -0.1) is 0 Å². The number of hydrogen-bond donors (Lipinski definition) is 1. The molecule has 1 aromatic heterocycles. The van der Waals surface area contributed by atoms with E-state index in [9.17, 15) is 4.79 Å². The van der Waals surface area contributed by atoms with E-state index < -0.39 is 0 Å². The van der Waals surface area contributed by atoms with Crippen molar-refractivity contribution in [2.24, 2.45) is 5.92 Å². The zero-order valence-corrected chi connectivity index (χ0v) is 18.3. The summed E-state index contributed by atoms with van der Waals surface area (Å²) < 4.78 is 5.38. The highest BCUT2D eigenvalue weighted by molar-refractivity contribution is 6.32. The third kappa shape index (κ3) is 5.37. The summed E-state index contributed by atoms with van der Waals surface area (Å²) in [6.07, 6.45) is 5.83. The van der Waals surface area contributed by atoms with Crippen molar-refractivity contribution in [2.75, 3.05) is 0 Å². The van der Waals surface area contributed by atoms with Crippen molar-refractivity contribution in [3.05, 3.63) is 76.0 Å². The Morgan fingerprint density at radius 2 is 1.94 bits per heavy atom. The molecule has 0 bridgehead atoms. The molecule has 0 unspecified atom stereocenters. The summed E-state index contributed by atoms with van der Waals surface area (Å²) in [6.45, 7) is 2.37. The highest BCUT2D eigenvalue weighted by Crippen LogP contribution is 2.25. The highest BCUT2D eigenvalue weighted by Gasteiger charge is 2.13. The molecule has 0 spiro atoms. The maximum atomic E-state index is 12.5. The Kier molecular flexibility index (Phi) is 6.74. The van der Waals surface area contributed by atoms with Gasteiger partial charge < -0.3 is 9.84 Å². The Morgan fingerprint density at radius 3 is 2.65 bits per heavy atom. The molecule has 158 valence electrons. The predicted molar refractivity (Wildman–Crippen MR) is 123 cm³/mol. The highest BCUT2D eigenvalue weighted by atomic mass is 35.5. The number of carbonyl (C=O) groups is 1. The number of nitrogens with zero attached hydrogens (tertiary/aromatic N) is 1. The van der Waals surface area contributed by atoms with Gasteiger partial charge in [-0.05, 0) is 43.0 Å². The van der Waals surface area contributed by atoms with Gasteiger partial charge in [0.1, 0.15) is 5.69 Å². The summed E-state index contributed by atoms with van der Waals surface area (Å²) in [7, 11) is 0. The van der Waals surface area contributed by atoms with Crippen LogP contribution in [0.4, 0.5) is 0 Å². The monoisotopic (exact) mass is 432 g/mol. The second-order valence-electron chi connectivity index (χ2n) is 7.86. The number of aryl methyl sites for hydroxylation is 1. The molecule has 1 amide bonds. The lowest BCUT2D eigenvalue weighted by Crippen LogP contribution is -2.22. The van der Waals surface area contributed by atoms with Crippen molar-refractivity contribution in [2.45, 2.75) is 45.6 Å². The van der Waals surface area contributed by atoms with Crippen LogP contribution in [0.3, 0.4) is 0 Å². The number of nitrogens with one attached hydrogen (secondary N) is 1. The molecule has 0 aliphatic heterocycles. The van der Waals surface area contributed by atoms with E-state index >= 15 is 0 Å². The Labute approximate surface area is 188 Å². The van der Waals surface area contributed by atoms with Gasteiger partial charge in [0.25, 0.3) is 5.91 Å². The van der Waals surface area contributed by atoms with Gasteiger partial charge in [0.2, 0.25) is 0 Å². The van der Waals surface area contributed by atoms with Gasteiger partial charge in [-0.2, -0.15) is 0 Å². The summed E-state index contributed by atoms with van der Waals surface area (Å²) in [4.78, 5) is 12.5. The van der Waals surface area contributed by atoms with Crippen LogP contribution < -0.4 is 5.32 Å². The lowest BCUT2D eigenvalue weighted by Gasteiger charge is -2.05. The minimum Gasteiger partial charge on any atom is -0.359 e. The van der Waals surface area contributed by atoms with Gasteiger partial charge in [0.15, 0.2) is 5.76 Å². The number of halogens is 1. The molecule has 4 rings (SSSR count). The molecule has 3 aromatic rings. The van der Waals surface area contributed by atoms with E-state index in [2.05, 4.69) is 41.4 Å². The van der Waals surface area contributed by atoms with Gasteiger partial charge in [-0.25, -0.2) is 0 Å². The fraction of sp³-hybridized carbons (Fsp3) is 0.308. The molecule has 1 aliphatic rings. The summed E-state index contributed by atoms with van der Waals surface area (Å²) in [6, 6.07) is 15.3. The van der Waals surface area contributed by atoms with Gasteiger partial charge in [-0.1, -0.05) is 72.6 Å². The van der Waals surface area contributed by atoms with Gasteiger partial charge in [0, 0.05) is 28.7 Å². The second-order valence-corrected chi connectivity index (χ2v) is 8.26. The molecule has 2 aromatic carbocycles. The van der Waals surface area contributed by atoms with Crippen molar-refractivity contribution in [1.29, 1.82) is 0 Å². The van der Waals surface area contributed by atoms with E-state index in [1.54, 1.807) is 12.1 Å². The number of carbonyl (C=O) groups excluding carboxylic acids is 1. The zero-order chi connectivity index (χ0) is 21.6. The largest absolute Gasteiger partial charge is 0.359 e. The normalized spacial score (nSPS) is 13.6. The maximum Gasteiger partial charge on any atom is 0.251 e. The Hall–Kier alpha value is -3.03. The number of rotatable bonds is 5. The van der Waals surface area contributed by atoms with Crippen LogP contribution in [0, 0.1) is 17.8 Å². The van der Waals surface area contributed by atoms with Gasteiger partial charge in [0.05, 0.1) is 11.6 Å². The van der Waals surface area contributed by atoms with Crippen molar-refractivity contribution < 1.29 is 9.32 Å². The van der Waals surface area contributed by atoms with Crippen LogP contribution >= 0.6 is 11.6 Å². The molecule has 0 radical (unpaired) electrons. The standard InChI is InChI=1S/C26H25ClN2O2/c1-2-18-7-11-21(12-8-18)25-16-23(31-29-25)17-28-26(30)22-14-13-20(24(27)15-22)10-9-19-5-3-4-6-19/h7-8,11-16,19H,2-6,17H2,1H3,(H,28,30). The van der Waals surface area contributed by atoms with E-state index in [0.29, 0.717) is 22.3 Å². The van der Waals surface area contributed by atoms with Gasteiger partial charge in [-0.3, -0.25) is 4.79 Å². The molecular weight excluding hydrogens is 408 g/mol. The Morgan fingerprint density at radius 1 is 1.16 bits per heavy atom. The maximum absolute atomic E-state index is 12.5. The number of hydrogen-bond acceptors (Lipinski definition) is 3. The summed E-state index contributed by atoms with van der Waals surface area (Å²) in [5.41, 5.74) is 4.26. The van der Waals surface area contributed by atoms with Crippen molar-refractivity contribution in [3.8, 4) is 23.1 Å². The molecule has 4 nitrogen and oxygen atoms in total. The smallest absolute Gasteiger partial charge is 0.251 e. The third-order valence-electron chi connectivity index (χ3n) is 5.64. The average molecular weight is 433 g/mol. The molecule has 1 heterocycles. The van der Waals surface area contributed by atoms with Crippen LogP contribution in [0.25, 0.3) is 11.3 Å². The second kappa shape index (κ2) is 9.85. The molecule has 31 heavy (non-hydrogen) atoms. The zero-order valence-electron chi connectivity index (χ0n) is 17.6. The van der Waals surface area contributed by atoms with E-state index in [-0.39, 0.29) is 12.5 Å². The molecule has 1 saturated carbocycles. The van der Waals surface area contributed by atoms with E-state index in [0.717, 1.165) is 23.2 Å². The quantitative estimate of drug-likeness (QED) is 0.501. The number of aromatic nitrogens is 1. The predicted octanol–water partition coefficient (Wildman–Crippen LogP) is 6.03. The first-order chi connectivity index (χ1) is 15.1. The number of benzene rings is 2. The molecule has 1 N–H and O–H groups in total. The first kappa shape index (κ1) is 21.2. The van der Waals surface area contributed by atoms with E-state index in [1.165, 1.54) is 31.2 Å². The SMILES string of the molecule is CCc1ccc(-c2cc(CNC(=O)c3ccc(C#CC4CCCC4)c(Cl)c3)on2)cc1. The molecular formula is C26H25ClN2O2. The van der Waals surface area contributed by atoms with Gasteiger partial charge >= 0.3 is 0 Å². The van der Waals surface area contributed by atoms with E-state index in [4.69, 9.17) is 16.1 Å². The Balaban J connectivity index is 1.36. The minimum atomic E-state index is -0.220. The minimum absolute atomic E-state index is 0.220. The van der Waals surface area contributed by atoms with Crippen LogP contribution in [0.2, 0.25) is 5.02 Å².